The summed E-state index contributed by atoms with van der Waals surface area (Å²) < 4.78 is 0. The van der Waals surface area contributed by atoms with E-state index in [0.717, 1.165) is 30.4 Å². The standard InChI is InChI=1S/C15H22N2OS/c1-12(19-11-13-7-9-16-10-8-13)15(18)17-14-5-3-2-4-6-14/h2-6,12-13,16H,7-11H2,1H3,(H,17,18). The molecule has 1 heterocycles. The molecule has 2 N–H and O–H groups in total. The Balaban J connectivity index is 1.73. The van der Waals surface area contributed by atoms with Gasteiger partial charge in [-0.15, -0.1) is 11.8 Å². The zero-order valence-corrected chi connectivity index (χ0v) is 12.2. The molecule has 1 atom stereocenters. The number of nitrogens with one attached hydrogen (secondary N) is 2. The fourth-order valence-corrected chi connectivity index (χ4v) is 3.27. The Labute approximate surface area is 119 Å². The van der Waals surface area contributed by atoms with Crippen LogP contribution in [-0.2, 0) is 4.79 Å². The van der Waals surface area contributed by atoms with Crippen molar-refractivity contribution in [1.82, 2.24) is 5.32 Å². The lowest BCUT2D eigenvalue weighted by Gasteiger charge is -2.23. The van der Waals surface area contributed by atoms with Crippen LogP contribution in [-0.4, -0.2) is 30.0 Å². The fraction of sp³-hybridized carbons (Fsp3) is 0.533. The van der Waals surface area contributed by atoms with Crippen molar-refractivity contribution in [1.29, 1.82) is 0 Å². The second-order valence-electron chi connectivity index (χ2n) is 5.02. The second-order valence-corrected chi connectivity index (χ2v) is 6.40. The van der Waals surface area contributed by atoms with Crippen LogP contribution >= 0.6 is 11.8 Å². The molecule has 1 saturated heterocycles. The molecule has 0 bridgehead atoms. The number of piperidine rings is 1. The molecule has 1 aliphatic rings. The second kappa shape index (κ2) is 7.56. The molecule has 19 heavy (non-hydrogen) atoms. The summed E-state index contributed by atoms with van der Waals surface area (Å²) in [5.74, 6) is 1.95. The maximum Gasteiger partial charge on any atom is 0.237 e. The molecule has 1 aromatic rings. The van der Waals surface area contributed by atoms with Crippen molar-refractivity contribution in [3.05, 3.63) is 30.3 Å². The van der Waals surface area contributed by atoms with Crippen molar-refractivity contribution in [3.8, 4) is 0 Å². The minimum Gasteiger partial charge on any atom is -0.325 e. The molecule has 104 valence electrons. The Morgan fingerprint density at radius 1 is 1.37 bits per heavy atom. The van der Waals surface area contributed by atoms with Gasteiger partial charge in [0.1, 0.15) is 0 Å². The zero-order chi connectivity index (χ0) is 13.5. The van der Waals surface area contributed by atoms with Crippen LogP contribution in [0.2, 0.25) is 0 Å². The summed E-state index contributed by atoms with van der Waals surface area (Å²) in [6.07, 6.45) is 2.47. The van der Waals surface area contributed by atoms with Gasteiger partial charge in [0.05, 0.1) is 5.25 Å². The van der Waals surface area contributed by atoms with E-state index in [-0.39, 0.29) is 11.2 Å². The highest BCUT2D eigenvalue weighted by molar-refractivity contribution is 8.00. The van der Waals surface area contributed by atoms with E-state index in [1.807, 2.05) is 37.3 Å². The molecule has 1 fully saturated rings. The zero-order valence-electron chi connectivity index (χ0n) is 11.4. The van der Waals surface area contributed by atoms with Crippen LogP contribution in [0.4, 0.5) is 5.69 Å². The summed E-state index contributed by atoms with van der Waals surface area (Å²) in [5, 5.41) is 6.34. The number of amides is 1. The molecular weight excluding hydrogens is 256 g/mol. The Hall–Kier alpha value is -1.00. The van der Waals surface area contributed by atoms with Crippen LogP contribution in [0.3, 0.4) is 0 Å². The van der Waals surface area contributed by atoms with Crippen LogP contribution in [0, 0.1) is 5.92 Å². The molecular formula is C15H22N2OS. The lowest BCUT2D eigenvalue weighted by Crippen LogP contribution is -2.30. The maximum absolute atomic E-state index is 12.0. The van der Waals surface area contributed by atoms with Crippen LogP contribution in [0.25, 0.3) is 0 Å². The fourth-order valence-electron chi connectivity index (χ4n) is 2.17. The molecule has 1 aliphatic heterocycles. The van der Waals surface area contributed by atoms with E-state index in [4.69, 9.17) is 0 Å². The first-order valence-electron chi connectivity index (χ1n) is 6.94. The van der Waals surface area contributed by atoms with Gasteiger partial charge in [0.2, 0.25) is 5.91 Å². The molecule has 1 amide bonds. The molecule has 0 aliphatic carbocycles. The minimum atomic E-state index is 0.00934. The highest BCUT2D eigenvalue weighted by Crippen LogP contribution is 2.22. The molecule has 3 nitrogen and oxygen atoms in total. The Bertz CT molecular complexity index is 390. The molecule has 0 aromatic heterocycles. The molecule has 1 aromatic carbocycles. The summed E-state index contributed by atoms with van der Waals surface area (Å²) in [6, 6.07) is 9.65. The normalized spacial score (nSPS) is 17.9. The third-order valence-corrected chi connectivity index (χ3v) is 4.83. The molecule has 2 rings (SSSR count). The SMILES string of the molecule is CC(SCC1CCNCC1)C(=O)Nc1ccccc1. The number of carbonyl (C=O) groups excluding carboxylic acids is 1. The van der Waals surface area contributed by atoms with Crippen molar-refractivity contribution in [2.75, 3.05) is 24.2 Å². The summed E-state index contributed by atoms with van der Waals surface area (Å²) in [6.45, 7) is 4.23. The van der Waals surface area contributed by atoms with E-state index in [0.29, 0.717) is 0 Å². The number of hydrogen-bond acceptors (Lipinski definition) is 3. The number of rotatable bonds is 5. The number of thioether (sulfide) groups is 1. The maximum atomic E-state index is 12.0. The van der Waals surface area contributed by atoms with Gasteiger partial charge in [-0.25, -0.2) is 0 Å². The average Bonchev–Trinajstić information content (AvgIpc) is 2.47. The first-order valence-corrected chi connectivity index (χ1v) is 7.99. The van der Waals surface area contributed by atoms with Gasteiger partial charge in [-0.1, -0.05) is 18.2 Å². The van der Waals surface area contributed by atoms with Crippen molar-refractivity contribution in [2.45, 2.75) is 25.0 Å². The quantitative estimate of drug-likeness (QED) is 0.870. The van der Waals surface area contributed by atoms with Gasteiger partial charge in [0.25, 0.3) is 0 Å². The van der Waals surface area contributed by atoms with Crippen LogP contribution in [0.1, 0.15) is 19.8 Å². The third kappa shape index (κ3) is 4.88. The van der Waals surface area contributed by atoms with Crippen molar-refractivity contribution in [3.63, 3.8) is 0 Å². The van der Waals surface area contributed by atoms with E-state index in [2.05, 4.69) is 10.6 Å². The lowest BCUT2D eigenvalue weighted by atomic mass is 10.0. The summed E-state index contributed by atoms with van der Waals surface area (Å²) >= 11 is 1.77. The molecule has 4 heteroatoms. The van der Waals surface area contributed by atoms with Gasteiger partial charge >= 0.3 is 0 Å². The predicted octanol–water partition coefficient (Wildman–Crippen LogP) is 2.75. The highest BCUT2D eigenvalue weighted by Gasteiger charge is 2.18. The monoisotopic (exact) mass is 278 g/mol. The molecule has 0 radical (unpaired) electrons. The summed E-state index contributed by atoms with van der Waals surface area (Å²) in [7, 11) is 0. The third-order valence-electron chi connectivity index (χ3n) is 3.45. The van der Waals surface area contributed by atoms with Gasteiger partial charge < -0.3 is 10.6 Å². The summed E-state index contributed by atoms with van der Waals surface area (Å²) in [4.78, 5) is 12.0. The number of para-hydroxylation sites is 1. The molecule has 0 saturated carbocycles. The minimum absolute atomic E-state index is 0.00934. The van der Waals surface area contributed by atoms with E-state index >= 15 is 0 Å². The number of carbonyl (C=O) groups is 1. The van der Waals surface area contributed by atoms with Gasteiger partial charge in [0.15, 0.2) is 0 Å². The number of anilines is 1. The first-order chi connectivity index (χ1) is 9.25. The summed E-state index contributed by atoms with van der Waals surface area (Å²) in [5.41, 5.74) is 0.877. The van der Waals surface area contributed by atoms with Gasteiger partial charge in [-0.2, -0.15) is 0 Å². The van der Waals surface area contributed by atoms with E-state index in [1.165, 1.54) is 12.8 Å². The smallest absolute Gasteiger partial charge is 0.237 e. The van der Waals surface area contributed by atoms with Crippen molar-refractivity contribution in [2.24, 2.45) is 5.92 Å². The average molecular weight is 278 g/mol. The van der Waals surface area contributed by atoms with Crippen LogP contribution in [0.5, 0.6) is 0 Å². The van der Waals surface area contributed by atoms with E-state index in [1.54, 1.807) is 11.8 Å². The number of benzene rings is 1. The van der Waals surface area contributed by atoms with Crippen LogP contribution in [0.15, 0.2) is 30.3 Å². The topological polar surface area (TPSA) is 41.1 Å². The van der Waals surface area contributed by atoms with Gasteiger partial charge in [-0.05, 0) is 56.7 Å². The predicted molar refractivity (Wildman–Crippen MR) is 82.6 cm³/mol. The first kappa shape index (κ1) is 14.4. The van der Waals surface area contributed by atoms with Gasteiger partial charge in [0, 0.05) is 5.69 Å². The Kier molecular flexibility index (Phi) is 5.73. The Morgan fingerprint density at radius 2 is 2.05 bits per heavy atom. The van der Waals surface area contributed by atoms with Crippen LogP contribution < -0.4 is 10.6 Å². The highest BCUT2D eigenvalue weighted by atomic mass is 32.2. The van der Waals surface area contributed by atoms with Gasteiger partial charge in [-0.3, -0.25) is 4.79 Å². The Morgan fingerprint density at radius 3 is 2.74 bits per heavy atom. The van der Waals surface area contributed by atoms with Crippen molar-refractivity contribution < 1.29 is 4.79 Å². The van der Waals surface area contributed by atoms with E-state index in [9.17, 15) is 4.79 Å². The number of hydrogen-bond donors (Lipinski definition) is 2. The largest absolute Gasteiger partial charge is 0.325 e. The lowest BCUT2D eigenvalue weighted by molar-refractivity contribution is -0.115. The molecule has 1 unspecified atom stereocenters. The van der Waals surface area contributed by atoms with E-state index < -0.39 is 0 Å². The molecule has 0 spiro atoms. The van der Waals surface area contributed by atoms with Crippen molar-refractivity contribution >= 4 is 23.4 Å².